The molecule has 1 fully saturated rings. The largest absolute Gasteiger partial charge is 0.479 e. The highest BCUT2D eigenvalue weighted by Crippen LogP contribution is 2.40. The highest BCUT2D eigenvalue weighted by atomic mass is 32.1. The predicted octanol–water partition coefficient (Wildman–Crippen LogP) is 2.98. The number of hydrogen-bond acceptors (Lipinski definition) is 4. The number of aromatic nitrogens is 1. The van der Waals surface area contributed by atoms with Gasteiger partial charge in [0.25, 0.3) is 0 Å². The van der Waals surface area contributed by atoms with E-state index in [1.54, 1.807) is 11.3 Å². The number of nitrogens with zero attached hydrogens (tertiary/aromatic N) is 2. The molecule has 1 atom stereocenters. The molecule has 0 bridgehead atoms. The maximum absolute atomic E-state index is 11.7. The second-order valence-corrected chi connectivity index (χ2v) is 6.16. The van der Waals surface area contributed by atoms with Gasteiger partial charge in [0.1, 0.15) is 5.54 Å². The maximum Gasteiger partial charge on any atom is 0.329 e. The van der Waals surface area contributed by atoms with E-state index in [2.05, 4.69) is 4.98 Å². The van der Waals surface area contributed by atoms with Crippen LogP contribution >= 0.6 is 11.3 Å². The van der Waals surface area contributed by atoms with Gasteiger partial charge < -0.3 is 10.0 Å². The minimum Gasteiger partial charge on any atom is -0.479 e. The number of rotatable bonds is 4. The molecule has 0 spiro atoms. The summed E-state index contributed by atoms with van der Waals surface area (Å²) < 4.78 is 0. The number of carboxylic acid groups (broad SMARTS) is 1. The fraction of sp³-hybridized carbons (Fsp3) is 0.692. The molecule has 0 amide bonds. The summed E-state index contributed by atoms with van der Waals surface area (Å²) in [5.74, 6) is -0.702. The van der Waals surface area contributed by atoms with Crippen molar-refractivity contribution in [3.63, 3.8) is 0 Å². The average molecular weight is 268 g/mol. The van der Waals surface area contributed by atoms with Gasteiger partial charge in [0.05, 0.1) is 5.69 Å². The fourth-order valence-corrected chi connectivity index (χ4v) is 3.76. The van der Waals surface area contributed by atoms with Gasteiger partial charge in [-0.1, -0.05) is 13.3 Å². The Morgan fingerprint density at radius 3 is 2.78 bits per heavy atom. The SMILES string of the molecule is CCCC1(C(=O)O)CCCN1c1nc(C)c(C)s1. The van der Waals surface area contributed by atoms with Gasteiger partial charge in [-0.15, -0.1) is 11.3 Å². The van der Waals surface area contributed by atoms with Crippen molar-refractivity contribution in [1.29, 1.82) is 0 Å². The van der Waals surface area contributed by atoms with E-state index >= 15 is 0 Å². The van der Waals surface area contributed by atoms with Crippen LogP contribution in [0, 0.1) is 13.8 Å². The first-order valence-electron chi connectivity index (χ1n) is 6.46. The van der Waals surface area contributed by atoms with Gasteiger partial charge in [0.15, 0.2) is 5.13 Å². The average Bonchev–Trinajstić information content (AvgIpc) is 2.85. The van der Waals surface area contributed by atoms with E-state index in [-0.39, 0.29) is 0 Å². The van der Waals surface area contributed by atoms with Gasteiger partial charge in [-0.2, -0.15) is 0 Å². The Morgan fingerprint density at radius 2 is 2.28 bits per heavy atom. The second-order valence-electron chi connectivity index (χ2n) is 4.98. The molecule has 0 radical (unpaired) electrons. The van der Waals surface area contributed by atoms with Crippen LogP contribution < -0.4 is 4.90 Å². The molecule has 1 aliphatic rings. The number of anilines is 1. The van der Waals surface area contributed by atoms with Crippen LogP contribution in [0.4, 0.5) is 5.13 Å². The zero-order valence-corrected chi connectivity index (χ0v) is 12.0. The standard InChI is InChI=1S/C13H20N2O2S/c1-4-6-13(11(16)17)7-5-8-15(13)12-14-9(2)10(3)18-12/h4-8H2,1-3H3,(H,16,17). The number of carboxylic acids is 1. The quantitative estimate of drug-likeness (QED) is 0.912. The Balaban J connectivity index is 2.38. The number of thiazole rings is 1. The number of aryl methyl sites for hydroxylation is 2. The Labute approximate surface area is 112 Å². The lowest BCUT2D eigenvalue weighted by molar-refractivity contribution is -0.143. The van der Waals surface area contributed by atoms with Crippen LogP contribution in [0.2, 0.25) is 0 Å². The van der Waals surface area contributed by atoms with Crippen molar-refractivity contribution < 1.29 is 9.90 Å². The fourth-order valence-electron chi connectivity index (χ4n) is 2.73. The third-order valence-electron chi connectivity index (χ3n) is 3.80. The topological polar surface area (TPSA) is 53.4 Å². The van der Waals surface area contributed by atoms with Crippen LogP contribution in [0.5, 0.6) is 0 Å². The molecule has 100 valence electrons. The van der Waals surface area contributed by atoms with Crippen LogP contribution in [0.25, 0.3) is 0 Å². The molecule has 0 saturated carbocycles. The minimum atomic E-state index is -0.731. The van der Waals surface area contributed by atoms with E-state index < -0.39 is 11.5 Å². The van der Waals surface area contributed by atoms with Crippen molar-refractivity contribution in [2.75, 3.05) is 11.4 Å². The highest BCUT2D eigenvalue weighted by molar-refractivity contribution is 7.15. The summed E-state index contributed by atoms with van der Waals surface area (Å²) in [5, 5.41) is 10.5. The Hall–Kier alpha value is -1.10. The number of carbonyl (C=O) groups is 1. The first-order chi connectivity index (χ1) is 8.51. The van der Waals surface area contributed by atoms with Crippen molar-refractivity contribution in [2.24, 2.45) is 0 Å². The minimum absolute atomic E-state index is 0.694. The molecule has 1 aromatic heterocycles. The summed E-state index contributed by atoms with van der Waals surface area (Å²) in [6.07, 6.45) is 3.24. The molecule has 2 heterocycles. The lowest BCUT2D eigenvalue weighted by atomic mass is 9.91. The van der Waals surface area contributed by atoms with Crippen LogP contribution in [-0.4, -0.2) is 28.1 Å². The first-order valence-corrected chi connectivity index (χ1v) is 7.28. The van der Waals surface area contributed by atoms with Gasteiger partial charge in [-0.3, -0.25) is 0 Å². The molecule has 18 heavy (non-hydrogen) atoms. The Kier molecular flexibility index (Phi) is 3.61. The van der Waals surface area contributed by atoms with Crippen LogP contribution in [-0.2, 0) is 4.79 Å². The molecule has 4 nitrogen and oxygen atoms in total. The zero-order chi connectivity index (χ0) is 13.3. The van der Waals surface area contributed by atoms with Gasteiger partial charge >= 0.3 is 5.97 Å². The zero-order valence-electron chi connectivity index (χ0n) is 11.2. The van der Waals surface area contributed by atoms with E-state index in [1.165, 1.54) is 4.88 Å². The van der Waals surface area contributed by atoms with Crippen LogP contribution in [0.3, 0.4) is 0 Å². The first kappa shape index (κ1) is 13.3. The van der Waals surface area contributed by atoms with Gasteiger partial charge in [-0.25, -0.2) is 9.78 Å². The van der Waals surface area contributed by atoms with Gasteiger partial charge in [0, 0.05) is 11.4 Å². The highest BCUT2D eigenvalue weighted by Gasteiger charge is 2.48. The van der Waals surface area contributed by atoms with Crippen molar-refractivity contribution in [3.05, 3.63) is 10.6 Å². The smallest absolute Gasteiger partial charge is 0.329 e. The molecule has 1 N–H and O–H groups in total. The summed E-state index contributed by atoms with van der Waals surface area (Å²) in [7, 11) is 0. The van der Waals surface area contributed by atoms with Crippen molar-refractivity contribution in [1.82, 2.24) is 4.98 Å². The molecule has 1 saturated heterocycles. The lowest BCUT2D eigenvalue weighted by Crippen LogP contribution is -2.50. The molecular weight excluding hydrogens is 248 g/mol. The molecule has 5 heteroatoms. The Morgan fingerprint density at radius 1 is 1.56 bits per heavy atom. The molecule has 2 rings (SSSR count). The summed E-state index contributed by atoms with van der Waals surface area (Å²) in [5.41, 5.74) is 0.281. The van der Waals surface area contributed by atoms with E-state index in [4.69, 9.17) is 0 Å². The maximum atomic E-state index is 11.7. The monoisotopic (exact) mass is 268 g/mol. The van der Waals surface area contributed by atoms with Crippen LogP contribution in [0.1, 0.15) is 43.2 Å². The number of aliphatic carboxylic acids is 1. The van der Waals surface area contributed by atoms with Crippen molar-refractivity contribution in [3.8, 4) is 0 Å². The Bertz CT molecular complexity index is 438. The normalized spacial score (nSPS) is 23.6. The lowest BCUT2D eigenvalue weighted by Gasteiger charge is -2.34. The second kappa shape index (κ2) is 4.88. The summed E-state index contributed by atoms with van der Waals surface area (Å²) >= 11 is 1.61. The molecule has 1 unspecified atom stereocenters. The molecular formula is C13H20N2O2S. The van der Waals surface area contributed by atoms with E-state index in [0.29, 0.717) is 6.42 Å². The van der Waals surface area contributed by atoms with Crippen molar-refractivity contribution >= 4 is 22.4 Å². The third kappa shape index (κ3) is 2.00. The predicted molar refractivity (Wildman–Crippen MR) is 73.4 cm³/mol. The number of hydrogen-bond donors (Lipinski definition) is 1. The molecule has 1 aliphatic heterocycles. The summed E-state index contributed by atoms with van der Waals surface area (Å²) in [6, 6.07) is 0. The summed E-state index contributed by atoms with van der Waals surface area (Å²) in [6.45, 7) is 6.86. The molecule has 0 aliphatic carbocycles. The van der Waals surface area contributed by atoms with Crippen molar-refractivity contribution in [2.45, 2.75) is 52.0 Å². The third-order valence-corrected chi connectivity index (χ3v) is 4.89. The molecule has 1 aromatic rings. The molecule has 0 aromatic carbocycles. The van der Waals surface area contributed by atoms with E-state index in [1.807, 2.05) is 25.7 Å². The van der Waals surface area contributed by atoms with E-state index in [0.717, 1.165) is 36.6 Å². The van der Waals surface area contributed by atoms with Gasteiger partial charge in [0.2, 0.25) is 0 Å². The summed E-state index contributed by atoms with van der Waals surface area (Å²) in [4.78, 5) is 19.4. The van der Waals surface area contributed by atoms with Gasteiger partial charge in [-0.05, 0) is 33.1 Å². The van der Waals surface area contributed by atoms with Crippen LogP contribution in [0.15, 0.2) is 0 Å². The van der Waals surface area contributed by atoms with E-state index in [9.17, 15) is 9.90 Å².